The van der Waals surface area contributed by atoms with E-state index >= 15 is 0 Å². The Hall–Kier alpha value is -1.28. The standard InChI is InChI=1S/C17H24N4O2S/c1-12-8-15-16(18-11-19-17(15)24-12)20-4-2-13(3-5-20)21-6-7-23-10-14(22)9-21/h8,11,13-14,22H,2-7,9-10H2,1H3. The van der Waals surface area contributed by atoms with Crippen molar-refractivity contribution in [2.24, 2.45) is 0 Å². The zero-order valence-electron chi connectivity index (χ0n) is 14.0. The average molecular weight is 348 g/mol. The van der Waals surface area contributed by atoms with Crippen molar-refractivity contribution in [3.05, 3.63) is 17.3 Å². The Morgan fingerprint density at radius 3 is 2.92 bits per heavy atom. The summed E-state index contributed by atoms with van der Waals surface area (Å²) in [5, 5.41) is 11.1. The summed E-state index contributed by atoms with van der Waals surface area (Å²) in [7, 11) is 0. The van der Waals surface area contributed by atoms with Gasteiger partial charge in [-0.2, -0.15) is 0 Å². The van der Waals surface area contributed by atoms with Crippen molar-refractivity contribution in [2.45, 2.75) is 31.9 Å². The van der Waals surface area contributed by atoms with Gasteiger partial charge in [-0.3, -0.25) is 4.90 Å². The molecule has 6 nitrogen and oxygen atoms in total. The topological polar surface area (TPSA) is 61.7 Å². The summed E-state index contributed by atoms with van der Waals surface area (Å²) in [6.07, 6.45) is 3.52. The molecule has 1 N–H and O–H groups in total. The second kappa shape index (κ2) is 6.92. The normalized spacial score (nSPS) is 24.4. The molecule has 2 aromatic heterocycles. The molecule has 2 aliphatic heterocycles. The quantitative estimate of drug-likeness (QED) is 0.891. The van der Waals surface area contributed by atoms with Gasteiger partial charge in [-0.25, -0.2) is 9.97 Å². The molecule has 2 aliphatic rings. The molecule has 24 heavy (non-hydrogen) atoms. The second-order valence-corrected chi connectivity index (χ2v) is 7.95. The average Bonchev–Trinajstić information content (AvgIpc) is 2.84. The highest BCUT2D eigenvalue weighted by atomic mass is 32.1. The summed E-state index contributed by atoms with van der Waals surface area (Å²) in [6.45, 7) is 6.95. The first-order chi connectivity index (χ1) is 11.7. The zero-order chi connectivity index (χ0) is 16.5. The predicted molar refractivity (Wildman–Crippen MR) is 95.8 cm³/mol. The van der Waals surface area contributed by atoms with E-state index in [9.17, 15) is 5.11 Å². The van der Waals surface area contributed by atoms with E-state index in [4.69, 9.17) is 4.74 Å². The fourth-order valence-electron chi connectivity index (χ4n) is 3.81. The Bertz CT molecular complexity index is 699. The molecule has 130 valence electrons. The largest absolute Gasteiger partial charge is 0.389 e. The van der Waals surface area contributed by atoms with Gasteiger partial charge in [-0.1, -0.05) is 0 Å². The maximum atomic E-state index is 9.95. The van der Waals surface area contributed by atoms with Crippen LogP contribution in [0.3, 0.4) is 0 Å². The molecule has 0 spiro atoms. The van der Waals surface area contributed by atoms with Crippen molar-refractivity contribution in [3.8, 4) is 0 Å². The van der Waals surface area contributed by atoms with Gasteiger partial charge >= 0.3 is 0 Å². The van der Waals surface area contributed by atoms with Crippen LogP contribution in [0, 0.1) is 6.92 Å². The van der Waals surface area contributed by atoms with Crippen LogP contribution in [0.4, 0.5) is 5.82 Å². The molecule has 2 saturated heterocycles. The second-order valence-electron chi connectivity index (χ2n) is 6.72. The number of aryl methyl sites for hydroxylation is 1. The van der Waals surface area contributed by atoms with Crippen LogP contribution >= 0.6 is 11.3 Å². The first-order valence-electron chi connectivity index (χ1n) is 8.66. The maximum absolute atomic E-state index is 9.95. The summed E-state index contributed by atoms with van der Waals surface area (Å²) >= 11 is 1.73. The molecule has 0 radical (unpaired) electrons. The van der Waals surface area contributed by atoms with Crippen LogP contribution in [0.5, 0.6) is 0 Å². The number of β-amino-alcohol motifs (C(OH)–C–C–N with tert-alkyl or cyclic N) is 1. The van der Waals surface area contributed by atoms with Crippen LogP contribution in [-0.4, -0.2) is 71.5 Å². The molecule has 0 aliphatic carbocycles. The van der Waals surface area contributed by atoms with Gasteiger partial charge in [0.15, 0.2) is 0 Å². The van der Waals surface area contributed by atoms with Crippen molar-refractivity contribution in [1.29, 1.82) is 0 Å². The van der Waals surface area contributed by atoms with Gasteiger partial charge in [0, 0.05) is 37.1 Å². The number of aromatic nitrogens is 2. The minimum absolute atomic E-state index is 0.360. The Kier molecular flexibility index (Phi) is 4.67. The van der Waals surface area contributed by atoms with E-state index in [1.54, 1.807) is 17.7 Å². The van der Waals surface area contributed by atoms with Gasteiger partial charge in [-0.05, 0) is 25.8 Å². The predicted octanol–water partition coefficient (Wildman–Crippen LogP) is 1.66. The van der Waals surface area contributed by atoms with Gasteiger partial charge in [-0.15, -0.1) is 11.3 Å². The van der Waals surface area contributed by atoms with Crippen LogP contribution in [0.2, 0.25) is 0 Å². The first-order valence-corrected chi connectivity index (χ1v) is 9.48. The van der Waals surface area contributed by atoms with Crippen LogP contribution in [0.15, 0.2) is 12.4 Å². The lowest BCUT2D eigenvalue weighted by Crippen LogP contribution is -2.47. The fraction of sp³-hybridized carbons (Fsp3) is 0.647. The highest BCUT2D eigenvalue weighted by Gasteiger charge is 2.28. The molecule has 0 aromatic carbocycles. The Morgan fingerprint density at radius 1 is 1.25 bits per heavy atom. The number of piperidine rings is 1. The molecule has 7 heteroatoms. The number of rotatable bonds is 2. The third-order valence-corrected chi connectivity index (χ3v) is 5.95. The van der Waals surface area contributed by atoms with Crippen molar-refractivity contribution >= 4 is 27.4 Å². The number of aliphatic hydroxyl groups is 1. The van der Waals surface area contributed by atoms with E-state index in [1.807, 2.05) is 0 Å². The number of nitrogens with zero attached hydrogens (tertiary/aromatic N) is 4. The summed E-state index contributed by atoms with van der Waals surface area (Å²) in [6, 6.07) is 2.73. The maximum Gasteiger partial charge on any atom is 0.140 e. The summed E-state index contributed by atoms with van der Waals surface area (Å²) in [5.74, 6) is 1.07. The Labute approximate surface area is 146 Å². The lowest BCUT2D eigenvalue weighted by atomic mass is 10.0. The number of thiophene rings is 1. The molecular weight excluding hydrogens is 324 g/mol. The number of anilines is 1. The highest BCUT2D eigenvalue weighted by molar-refractivity contribution is 7.18. The van der Waals surface area contributed by atoms with Crippen molar-refractivity contribution in [1.82, 2.24) is 14.9 Å². The van der Waals surface area contributed by atoms with Crippen LogP contribution in [0.25, 0.3) is 10.2 Å². The third kappa shape index (κ3) is 3.26. The number of hydrogen-bond donors (Lipinski definition) is 1. The molecule has 0 saturated carbocycles. The summed E-state index contributed by atoms with van der Waals surface area (Å²) < 4.78 is 5.45. The smallest absolute Gasteiger partial charge is 0.140 e. The molecule has 0 bridgehead atoms. The molecule has 1 atom stereocenters. The number of aliphatic hydroxyl groups excluding tert-OH is 1. The molecular formula is C17H24N4O2S. The Balaban J connectivity index is 1.45. The van der Waals surface area contributed by atoms with Gasteiger partial charge < -0.3 is 14.7 Å². The minimum atomic E-state index is -0.360. The number of hydrogen-bond acceptors (Lipinski definition) is 7. The van der Waals surface area contributed by atoms with Crippen molar-refractivity contribution < 1.29 is 9.84 Å². The van der Waals surface area contributed by atoms with E-state index in [-0.39, 0.29) is 6.10 Å². The lowest BCUT2D eigenvalue weighted by Gasteiger charge is -2.38. The van der Waals surface area contributed by atoms with E-state index in [0.717, 1.165) is 56.3 Å². The van der Waals surface area contributed by atoms with E-state index in [0.29, 0.717) is 12.6 Å². The molecule has 1 unspecified atom stereocenters. The monoisotopic (exact) mass is 348 g/mol. The fourth-order valence-corrected chi connectivity index (χ4v) is 4.65. The Morgan fingerprint density at radius 2 is 2.08 bits per heavy atom. The van der Waals surface area contributed by atoms with Crippen molar-refractivity contribution in [3.63, 3.8) is 0 Å². The first kappa shape index (κ1) is 16.2. The highest BCUT2D eigenvalue weighted by Crippen LogP contribution is 2.31. The van der Waals surface area contributed by atoms with Gasteiger partial charge in [0.25, 0.3) is 0 Å². The van der Waals surface area contributed by atoms with Crippen molar-refractivity contribution in [2.75, 3.05) is 44.3 Å². The van der Waals surface area contributed by atoms with Gasteiger partial charge in [0.1, 0.15) is 17.0 Å². The number of fused-ring (bicyclic) bond motifs is 1. The summed E-state index contributed by atoms with van der Waals surface area (Å²) in [5.41, 5.74) is 0. The number of ether oxygens (including phenoxy) is 1. The molecule has 4 rings (SSSR count). The third-order valence-electron chi connectivity index (χ3n) is 4.99. The van der Waals surface area contributed by atoms with E-state index < -0.39 is 0 Å². The minimum Gasteiger partial charge on any atom is -0.389 e. The van der Waals surface area contributed by atoms with E-state index in [1.165, 1.54) is 10.3 Å². The van der Waals surface area contributed by atoms with E-state index in [2.05, 4.69) is 32.8 Å². The molecule has 0 amide bonds. The van der Waals surface area contributed by atoms with Crippen LogP contribution < -0.4 is 4.90 Å². The molecule has 2 fully saturated rings. The van der Waals surface area contributed by atoms with Gasteiger partial charge in [0.05, 0.1) is 24.7 Å². The molecule has 4 heterocycles. The SMILES string of the molecule is Cc1cc2c(N3CCC(N4CCOCC(O)C4)CC3)ncnc2s1. The van der Waals surface area contributed by atoms with Crippen LogP contribution in [0.1, 0.15) is 17.7 Å². The molecule has 2 aromatic rings. The van der Waals surface area contributed by atoms with Gasteiger partial charge in [0.2, 0.25) is 0 Å². The summed E-state index contributed by atoms with van der Waals surface area (Å²) in [4.78, 5) is 16.1. The zero-order valence-corrected chi connectivity index (χ0v) is 14.8. The van der Waals surface area contributed by atoms with Crippen LogP contribution in [-0.2, 0) is 4.74 Å². The lowest BCUT2D eigenvalue weighted by molar-refractivity contribution is 0.0534.